The number of morpholine rings is 1. The van der Waals surface area contributed by atoms with Gasteiger partial charge in [-0.15, -0.1) is 0 Å². The van der Waals surface area contributed by atoms with Crippen LogP contribution in [-0.2, 0) is 4.74 Å². The number of nitrogens with zero attached hydrogens (tertiary/aromatic N) is 6. The maximum Gasteiger partial charge on any atom is 0.227 e. The molecule has 4 aromatic rings. The molecule has 0 spiro atoms. The molecule has 1 N–H and O–H groups in total. The Morgan fingerprint density at radius 3 is 2.47 bits per heavy atom. The van der Waals surface area contributed by atoms with Crippen LogP contribution in [0.3, 0.4) is 0 Å². The molecule has 1 saturated heterocycles. The average Bonchev–Trinajstić information content (AvgIpc) is 3.18. The summed E-state index contributed by atoms with van der Waals surface area (Å²) >= 11 is 0. The molecular weight excluding hydrogens is 402 g/mol. The monoisotopic (exact) mass is 427 g/mol. The lowest BCUT2D eigenvalue weighted by atomic mass is 10.1. The fourth-order valence-corrected chi connectivity index (χ4v) is 3.84. The largest absolute Gasteiger partial charge is 0.378 e. The summed E-state index contributed by atoms with van der Waals surface area (Å²) in [6, 6.07) is 18.4. The molecule has 32 heavy (non-hydrogen) atoms. The molecule has 8 nitrogen and oxygen atoms in total. The van der Waals surface area contributed by atoms with Crippen LogP contribution in [-0.4, -0.2) is 51.0 Å². The Balaban J connectivity index is 1.34. The third-order valence-electron chi connectivity index (χ3n) is 5.42. The summed E-state index contributed by atoms with van der Waals surface area (Å²) in [6.07, 6.45) is 1.78. The molecule has 0 atom stereocenters. The molecule has 5 rings (SSSR count). The van der Waals surface area contributed by atoms with Crippen LogP contribution in [0.1, 0.15) is 11.6 Å². The molecule has 0 saturated carbocycles. The Labute approximate surface area is 186 Å². The van der Waals surface area contributed by atoms with E-state index in [1.165, 1.54) is 5.69 Å². The first-order chi connectivity index (χ1) is 15.7. The normalized spacial score (nSPS) is 13.9. The van der Waals surface area contributed by atoms with Gasteiger partial charge in [0.25, 0.3) is 0 Å². The Hall–Kier alpha value is -3.78. The van der Waals surface area contributed by atoms with Crippen LogP contribution < -0.4 is 10.2 Å². The molecule has 0 bridgehead atoms. The van der Waals surface area contributed by atoms with Gasteiger partial charge in [-0.1, -0.05) is 12.1 Å². The minimum Gasteiger partial charge on any atom is -0.378 e. The molecule has 0 amide bonds. The van der Waals surface area contributed by atoms with E-state index in [-0.39, 0.29) is 0 Å². The van der Waals surface area contributed by atoms with Gasteiger partial charge < -0.3 is 15.0 Å². The van der Waals surface area contributed by atoms with Crippen LogP contribution in [0.15, 0.2) is 60.8 Å². The van der Waals surface area contributed by atoms with Crippen molar-refractivity contribution in [2.24, 2.45) is 0 Å². The third-order valence-corrected chi connectivity index (χ3v) is 5.42. The highest BCUT2D eigenvalue weighted by molar-refractivity contribution is 5.67. The number of hydrogen-bond donors (Lipinski definition) is 1. The van der Waals surface area contributed by atoms with Gasteiger partial charge in [-0.25, -0.2) is 19.6 Å². The first kappa shape index (κ1) is 20.1. The van der Waals surface area contributed by atoms with E-state index in [0.717, 1.165) is 60.6 Å². The van der Waals surface area contributed by atoms with Gasteiger partial charge in [0.1, 0.15) is 11.6 Å². The minimum absolute atomic E-state index is 0.555. The molecule has 2 aromatic carbocycles. The lowest BCUT2D eigenvalue weighted by Gasteiger charge is -2.29. The van der Waals surface area contributed by atoms with Crippen molar-refractivity contribution in [1.29, 1.82) is 0 Å². The van der Waals surface area contributed by atoms with Gasteiger partial charge in [-0.3, -0.25) is 0 Å². The van der Waals surface area contributed by atoms with E-state index in [4.69, 9.17) is 9.72 Å². The Morgan fingerprint density at radius 1 is 0.906 bits per heavy atom. The van der Waals surface area contributed by atoms with E-state index >= 15 is 0 Å². The number of aromatic nitrogens is 5. The van der Waals surface area contributed by atoms with Crippen LogP contribution in [0.2, 0.25) is 0 Å². The summed E-state index contributed by atoms with van der Waals surface area (Å²) in [5, 5.41) is 7.73. The summed E-state index contributed by atoms with van der Waals surface area (Å²) in [5.74, 6) is 2.17. The molecule has 8 heteroatoms. The van der Waals surface area contributed by atoms with Crippen LogP contribution in [0.4, 0.5) is 17.3 Å². The molecule has 162 valence electrons. The van der Waals surface area contributed by atoms with Gasteiger partial charge in [0.05, 0.1) is 24.6 Å². The Morgan fingerprint density at radius 2 is 1.72 bits per heavy atom. The highest BCUT2D eigenvalue weighted by atomic mass is 16.5. The zero-order valence-corrected chi connectivity index (χ0v) is 18.2. The Bertz CT molecular complexity index is 1210. The summed E-state index contributed by atoms with van der Waals surface area (Å²) < 4.78 is 7.30. The van der Waals surface area contributed by atoms with Crippen molar-refractivity contribution >= 4 is 17.3 Å². The molecule has 0 unspecified atom stereocenters. The van der Waals surface area contributed by atoms with E-state index in [1.54, 1.807) is 6.20 Å². The van der Waals surface area contributed by atoms with E-state index in [1.807, 2.05) is 48.9 Å². The molecule has 3 heterocycles. The van der Waals surface area contributed by atoms with E-state index in [2.05, 4.69) is 49.5 Å². The third kappa shape index (κ3) is 4.31. The van der Waals surface area contributed by atoms with Crippen molar-refractivity contribution in [2.45, 2.75) is 13.8 Å². The average molecular weight is 428 g/mol. The molecule has 1 aliphatic rings. The highest BCUT2D eigenvalue weighted by Crippen LogP contribution is 2.25. The minimum atomic E-state index is 0.555. The van der Waals surface area contributed by atoms with E-state index < -0.39 is 0 Å². The number of aryl methyl sites for hydroxylation is 2. The second-order valence-corrected chi connectivity index (χ2v) is 7.71. The predicted molar refractivity (Wildman–Crippen MR) is 125 cm³/mol. The van der Waals surface area contributed by atoms with Crippen LogP contribution in [0.25, 0.3) is 16.9 Å². The van der Waals surface area contributed by atoms with Gasteiger partial charge in [0.2, 0.25) is 5.95 Å². The molecule has 1 fully saturated rings. The molecular formula is C24H25N7O. The predicted octanol–water partition coefficient (Wildman–Crippen LogP) is 3.92. The van der Waals surface area contributed by atoms with Crippen molar-refractivity contribution in [3.05, 3.63) is 72.4 Å². The van der Waals surface area contributed by atoms with Gasteiger partial charge in [0.15, 0.2) is 0 Å². The second kappa shape index (κ2) is 8.76. The van der Waals surface area contributed by atoms with Crippen molar-refractivity contribution in [3.63, 3.8) is 0 Å². The fourth-order valence-electron chi connectivity index (χ4n) is 3.84. The van der Waals surface area contributed by atoms with Crippen molar-refractivity contribution in [1.82, 2.24) is 24.7 Å². The maximum atomic E-state index is 5.47. The lowest BCUT2D eigenvalue weighted by Crippen LogP contribution is -2.36. The van der Waals surface area contributed by atoms with Crippen molar-refractivity contribution < 1.29 is 4.74 Å². The fraction of sp³-hybridized carbons (Fsp3) is 0.250. The lowest BCUT2D eigenvalue weighted by molar-refractivity contribution is 0.122. The number of benzene rings is 2. The first-order valence-electron chi connectivity index (χ1n) is 10.7. The number of rotatable bonds is 5. The SMILES string of the molecule is Cc1nc(C)n(-c2ccc(Nc3nccc(-c4cccc(N5CCOCC5)c4)n3)cc2)n1. The highest BCUT2D eigenvalue weighted by Gasteiger charge is 2.12. The van der Waals surface area contributed by atoms with Crippen molar-refractivity contribution in [3.8, 4) is 16.9 Å². The van der Waals surface area contributed by atoms with Gasteiger partial charge in [-0.05, 0) is 56.3 Å². The summed E-state index contributed by atoms with van der Waals surface area (Å²) in [7, 11) is 0. The van der Waals surface area contributed by atoms with Gasteiger partial charge >= 0.3 is 0 Å². The van der Waals surface area contributed by atoms with Crippen LogP contribution in [0.5, 0.6) is 0 Å². The molecule has 1 aliphatic heterocycles. The van der Waals surface area contributed by atoms with E-state index in [9.17, 15) is 0 Å². The Kier molecular flexibility index (Phi) is 5.51. The zero-order valence-electron chi connectivity index (χ0n) is 18.2. The zero-order chi connectivity index (χ0) is 21.9. The van der Waals surface area contributed by atoms with Gasteiger partial charge in [0, 0.05) is 36.2 Å². The molecule has 0 radical (unpaired) electrons. The van der Waals surface area contributed by atoms with Gasteiger partial charge in [-0.2, -0.15) is 5.10 Å². The molecule has 0 aliphatic carbocycles. The first-order valence-corrected chi connectivity index (χ1v) is 10.7. The number of hydrogen-bond acceptors (Lipinski definition) is 7. The smallest absolute Gasteiger partial charge is 0.227 e. The summed E-state index contributed by atoms with van der Waals surface area (Å²) in [6.45, 7) is 7.18. The number of nitrogens with one attached hydrogen (secondary N) is 1. The maximum absolute atomic E-state index is 5.47. The van der Waals surface area contributed by atoms with E-state index in [0.29, 0.717) is 5.95 Å². The number of ether oxygens (including phenoxy) is 1. The summed E-state index contributed by atoms with van der Waals surface area (Å²) in [5.41, 5.74) is 4.99. The quantitative estimate of drug-likeness (QED) is 0.517. The standard InChI is InChI=1S/C24H25N7O/c1-17-26-18(2)31(29-17)21-8-6-20(7-9-21)27-24-25-11-10-23(28-24)19-4-3-5-22(16-19)30-12-14-32-15-13-30/h3-11,16H,12-15H2,1-2H3,(H,25,27,28). The van der Waals surface area contributed by atoms with Crippen LogP contribution in [0, 0.1) is 13.8 Å². The van der Waals surface area contributed by atoms with Crippen LogP contribution >= 0.6 is 0 Å². The molecule has 2 aromatic heterocycles. The topological polar surface area (TPSA) is 81.0 Å². The second-order valence-electron chi connectivity index (χ2n) is 7.71. The number of anilines is 3. The summed E-state index contributed by atoms with van der Waals surface area (Å²) in [4.78, 5) is 15.8. The van der Waals surface area contributed by atoms with Crippen molar-refractivity contribution in [2.75, 3.05) is 36.5 Å².